The molecule has 0 heterocycles. The highest BCUT2D eigenvalue weighted by molar-refractivity contribution is 5.35. The third kappa shape index (κ3) is 2.04. The maximum absolute atomic E-state index is 12.9. The minimum Gasteiger partial charge on any atom is -0.396 e. The highest BCUT2D eigenvalue weighted by Crippen LogP contribution is 2.17. The van der Waals surface area contributed by atoms with Crippen LogP contribution in [0.1, 0.15) is 24.0 Å². The molecule has 0 spiro atoms. The van der Waals surface area contributed by atoms with Crippen LogP contribution in [0.2, 0.25) is 0 Å². The van der Waals surface area contributed by atoms with E-state index in [1.54, 1.807) is 12.1 Å². The fraction of sp³-hybridized carbons (Fsp3) is 0.300. The summed E-state index contributed by atoms with van der Waals surface area (Å²) in [5.74, 6) is -0.580. The van der Waals surface area contributed by atoms with Gasteiger partial charge in [-0.25, -0.2) is 4.39 Å². The lowest BCUT2D eigenvalue weighted by atomic mass is 10.00. The molecule has 13 heavy (non-hydrogen) atoms. The van der Waals surface area contributed by atoms with Crippen molar-refractivity contribution in [3.8, 4) is 6.07 Å². The maximum Gasteiger partial charge on any atom is 0.140 e. The Labute approximate surface area is 76.2 Å². The number of rotatable bonds is 2. The van der Waals surface area contributed by atoms with Gasteiger partial charge >= 0.3 is 0 Å². The molecule has 1 aromatic carbocycles. The van der Waals surface area contributed by atoms with Crippen molar-refractivity contribution in [2.75, 3.05) is 6.61 Å². The molecule has 0 aliphatic carbocycles. The monoisotopic (exact) mass is 179 g/mol. The normalized spacial score (nSPS) is 12.2. The van der Waals surface area contributed by atoms with Crippen LogP contribution in [-0.2, 0) is 0 Å². The van der Waals surface area contributed by atoms with Gasteiger partial charge in [-0.05, 0) is 17.7 Å². The molecule has 0 saturated heterocycles. The van der Waals surface area contributed by atoms with Crippen LogP contribution in [0.4, 0.5) is 4.39 Å². The average molecular weight is 179 g/mol. The molecule has 0 aliphatic rings. The van der Waals surface area contributed by atoms with Crippen LogP contribution in [0.5, 0.6) is 0 Å². The highest BCUT2D eigenvalue weighted by atomic mass is 19.1. The van der Waals surface area contributed by atoms with E-state index in [-0.39, 0.29) is 18.1 Å². The molecule has 68 valence electrons. The van der Waals surface area contributed by atoms with E-state index in [2.05, 4.69) is 0 Å². The van der Waals surface area contributed by atoms with E-state index in [1.807, 2.05) is 6.92 Å². The van der Waals surface area contributed by atoms with Crippen LogP contribution in [0.25, 0.3) is 0 Å². The minimum absolute atomic E-state index is 0.00347. The Balaban J connectivity index is 3.08. The van der Waals surface area contributed by atoms with E-state index in [0.29, 0.717) is 0 Å². The quantitative estimate of drug-likeness (QED) is 0.752. The van der Waals surface area contributed by atoms with Gasteiger partial charge in [0.25, 0.3) is 0 Å². The van der Waals surface area contributed by atoms with Crippen molar-refractivity contribution in [2.24, 2.45) is 0 Å². The van der Waals surface area contributed by atoms with Crippen molar-refractivity contribution >= 4 is 0 Å². The summed E-state index contributed by atoms with van der Waals surface area (Å²) in [5.41, 5.74) is 0.804. The van der Waals surface area contributed by atoms with Gasteiger partial charge in [-0.2, -0.15) is 5.26 Å². The zero-order chi connectivity index (χ0) is 9.84. The summed E-state index contributed by atoms with van der Waals surface area (Å²) < 4.78 is 12.9. The fourth-order valence-electron chi connectivity index (χ4n) is 1.04. The van der Waals surface area contributed by atoms with Crippen molar-refractivity contribution in [1.82, 2.24) is 0 Å². The summed E-state index contributed by atoms with van der Waals surface area (Å²) in [6.07, 6.45) is 0. The molecular formula is C10H10FNO. The summed E-state index contributed by atoms with van der Waals surface area (Å²) in [4.78, 5) is 0. The summed E-state index contributed by atoms with van der Waals surface area (Å²) in [6, 6.07) is 6.06. The van der Waals surface area contributed by atoms with Crippen molar-refractivity contribution in [3.63, 3.8) is 0 Å². The Morgan fingerprint density at radius 3 is 2.85 bits per heavy atom. The molecule has 0 aromatic heterocycles. The second-order valence-corrected chi connectivity index (χ2v) is 2.93. The molecule has 0 bridgehead atoms. The van der Waals surface area contributed by atoms with Gasteiger partial charge in [-0.3, -0.25) is 0 Å². The van der Waals surface area contributed by atoms with E-state index in [9.17, 15) is 4.39 Å². The van der Waals surface area contributed by atoms with Crippen molar-refractivity contribution in [2.45, 2.75) is 12.8 Å². The molecule has 1 rings (SSSR count). The molecule has 0 saturated carbocycles. The summed E-state index contributed by atoms with van der Waals surface area (Å²) >= 11 is 0. The van der Waals surface area contributed by atoms with Gasteiger partial charge in [0, 0.05) is 12.5 Å². The zero-order valence-corrected chi connectivity index (χ0v) is 7.29. The van der Waals surface area contributed by atoms with Gasteiger partial charge in [0.1, 0.15) is 11.9 Å². The number of halogens is 1. The van der Waals surface area contributed by atoms with Gasteiger partial charge < -0.3 is 5.11 Å². The molecule has 1 unspecified atom stereocenters. The number of nitrogens with zero attached hydrogens (tertiary/aromatic N) is 1. The number of aliphatic hydroxyl groups excluding tert-OH is 1. The summed E-state index contributed by atoms with van der Waals surface area (Å²) in [7, 11) is 0. The number of hydrogen-bond acceptors (Lipinski definition) is 2. The van der Waals surface area contributed by atoms with Gasteiger partial charge in [-0.1, -0.05) is 13.0 Å². The smallest absolute Gasteiger partial charge is 0.140 e. The third-order valence-corrected chi connectivity index (χ3v) is 1.95. The second-order valence-electron chi connectivity index (χ2n) is 2.93. The van der Waals surface area contributed by atoms with Crippen LogP contribution in [0.3, 0.4) is 0 Å². The molecule has 0 aliphatic heterocycles. The molecule has 1 N–H and O–H groups in total. The van der Waals surface area contributed by atoms with E-state index >= 15 is 0 Å². The van der Waals surface area contributed by atoms with Crippen molar-refractivity contribution in [1.29, 1.82) is 5.26 Å². The molecular weight excluding hydrogens is 169 g/mol. The largest absolute Gasteiger partial charge is 0.396 e. The van der Waals surface area contributed by atoms with Crippen LogP contribution in [-0.4, -0.2) is 11.7 Å². The van der Waals surface area contributed by atoms with Gasteiger partial charge in [0.15, 0.2) is 0 Å². The molecule has 0 amide bonds. The van der Waals surface area contributed by atoms with Gasteiger partial charge in [-0.15, -0.1) is 0 Å². The summed E-state index contributed by atoms with van der Waals surface area (Å²) in [6.45, 7) is 1.81. The van der Waals surface area contributed by atoms with E-state index < -0.39 is 5.82 Å². The minimum atomic E-state index is -0.517. The molecule has 1 atom stereocenters. The van der Waals surface area contributed by atoms with E-state index in [1.165, 1.54) is 12.1 Å². The summed E-state index contributed by atoms with van der Waals surface area (Å²) in [5, 5.41) is 17.4. The lowest BCUT2D eigenvalue weighted by molar-refractivity contribution is 0.273. The zero-order valence-electron chi connectivity index (χ0n) is 7.29. The maximum atomic E-state index is 12.9. The van der Waals surface area contributed by atoms with E-state index in [0.717, 1.165) is 5.56 Å². The molecule has 0 radical (unpaired) electrons. The topological polar surface area (TPSA) is 44.0 Å². The molecule has 0 fully saturated rings. The highest BCUT2D eigenvalue weighted by Gasteiger charge is 2.07. The first-order valence-corrected chi connectivity index (χ1v) is 3.99. The lowest BCUT2D eigenvalue weighted by Crippen LogP contribution is -1.99. The SMILES string of the molecule is CC(CO)c1ccc(F)c(C#N)c1. The van der Waals surface area contributed by atoms with Crippen molar-refractivity contribution in [3.05, 3.63) is 35.1 Å². The molecule has 1 aromatic rings. The lowest BCUT2D eigenvalue weighted by Gasteiger charge is -2.07. The number of aliphatic hydroxyl groups is 1. The third-order valence-electron chi connectivity index (χ3n) is 1.95. The molecule has 2 nitrogen and oxygen atoms in total. The fourth-order valence-corrected chi connectivity index (χ4v) is 1.04. The number of hydrogen-bond donors (Lipinski definition) is 1. The van der Waals surface area contributed by atoms with Crippen LogP contribution >= 0.6 is 0 Å². The first-order chi connectivity index (χ1) is 6.19. The Kier molecular flexibility index (Phi) is 2.99. The standard InChI is InChI=1S/C10H10FNO/c1-7(6-13)8-2-3-10(11)9(4-8)5-12/h2-4,7,13H,6H2,1H3. The van der Waals surface area contributed by atoms with Crippen LogP contribution < -0.4 is 0 Å². The first kappa shape index (κ1) is 9.69. The van der Waals surface area contributed by atoms with Gasteiger partial charge in [0.05, 0.1) is 5.56 Å². The predicted octanol–water partition coefficient (Wildman–Crippen LogP) is 1.79. The first-order valence-electron chi connectivity index (χ1n) is 3.99. The average Bonchev–Trinajstić information content (AvgIpc) is 2.17. The Morgan fingerprint density at radius 1 is 1.62 bits per heavy atom. The Bertz CT molecular complexity index is 343. The van der Waals surface area contributed by atoms with Crippen LogP contribution in [0, 0.1) is 17.1 Å². The van der Waals surface area contributed by atoms with Crippen molar-refractivity contribution < 1.29 is 9.50 Å². The number of benzene rings is 1. The number of nitriles is 1. The predicted molar refractivity (Wildman–Crippen MR) is 46.6 cm³/mol. The van der Waals surface area contributed by atoms with Crippen LogP contribution in [0.15, 0.2) is 18.2 Å². The van der Waals surface area contributed by atoms with E-state index in [4.69, 9.17) is 10.4 Å². The second kappa shape index (κ2) is 4.01. The van der Waals surface area contributed by atoms with Gasteiger partial charge in [0.2, 0.25) is 0 Å². The Morgan fingerprint density at radius 2 is 2.31 bits per heavy atom. The Hall–Kier alpha value is -1.40. The molecule has 3 heteroatoms.